The molecule has 1 aliphatic heterocycles. The number of likely N-dealkylation sites (tertiary alicyclic amines) is 1. The van der Waals surface area contributed by atoms with Crippen LogP contribution < -0.4 is 0 Å². The van der Waals surface area contributed by atoms with Gasteiger partial charge in [0.25, 0.3) is 0 Å². The number of rotatable bonds is 5. The van der Waals surface area contributed by atoms with E-state index in [1.165, 1.54) is 6.92 Å². The summed E-state index contributed by atoms with van der Waals surface area (Å²) in [4.78, 5) is 14.2. The van der Waals surface area contributed by atoms with Gasteiger partial charge in [0.2, 0.25) is 0 Å². The van der Waals surface area contributed by atoms with Gasteiger partial charge in [-0.25, -0.2) is 0 Å². The number of piperidine rings is 1. The molecule has 6 fully saturated rings. The molecule has 12 atom stereocenters. The van der Waals surface area contributed by atoms with E-state index in [0.717, 1.165) is 19.4 Å². The predicted octanol–water partition coefficient (Wildman–Crippen LogP) is -0.322. The number of hydrogen-bond donors (Lipinski definition) is 4. The van der Waals surface area contributed by atoms with E-state index in [9.17, 15) is 25.2 Å². The third kappa shape index (κ3) is 2.18. The van der Waals surface area contributed by atoms with Gasteiger partial charge in [-0.1, -0.05) is 6.92 Å². The molecule has 6 rings (SSSR count). The van der Waals surface area contributed by atoms with Crippen molar-refractivity contribution in [1.29, 1.82) is 0 Å². The molecule has 1 spiro atoms. The summed E-state index contributed by atoms with van der Waals surface area (Å²) >= 11 is 0. The Hall–Kier alpha value is -0.810. The topological polar surface area (TPSA) is 129 Å². The smallest absolute Gasteiger partial charge is 0.302 e. The molecule has 0 unspecified atom stereocenters. The van der Waals surface area contributed by atoms with E-state index >= 15 is 0 Å². The number of ether oxygens (including phenoxy) is 3. The maximum absolute atomic E-state index is 12.7. The minimum absolute atomic E-state index is 0.0433. The van der Waals surface area contributed by atoms with Gasteiger partial charge in [0.05, 0.1) is 24.9 Å². The number of carbonyl (C=O) groups excluding carboxylic acids is 1. The zero-order chi connectivity index (χ0) is 24.5. The van der Waals surface area contributed by atoms with Gasteiger partial charge in [-0.3, -0.25) is 9.69 Å². The van der Waals surface area contributed by atoms with E-state index in [4.69, 9.17) is 14.2 Å². The molecule has 5 saturated carbocycles. The summed E-state index contributed by atoms with van der Waals surface area (Å²) in [6.07, 6.45) is -0.0911. The number of hydrogen-bond acceptors (Lipinski definition) is 9. The fraction of sp³-hybridized carbons (Fsp3) is 0.960. The molecule has 9 nitrogen and oxygen atoms in total. The molecule has 9 heteroatoms. The van der Waals surface area contributed by atoms with E-state index in [-0.39, 0.29) is 30.3 Å². The van der Waals surface area contributed by atoms with Crippen molar-refractivity contribution < 1.29 is 39.4 Å². The SMILES string of the molecule is CCN1C[C@]2(COC)CC[C@H](OC)[C@@]34[C@@H]2C[C@](O)([C@@H]13)[C@@]1(O)C[C@H](OC(C)=O)[C@H]2C[C@@H]4[C@]1(O)[C@H]2O. The maximum Gasteiger partial charge on any atom is 0.302 e. The summed E-state index contributed by atoms with van der Waals surface area (Å²) in [5.74, 6) is -1.57. The van der Waals surface area contributed by atoms with Crippen molar-refractivity contribution in [3.05, 3.63) is 0 Å². The van der Waals surface area contributed by atoms with Crippen LogP contribution in [-0.2, 0) is 19.0 Å². The minimum Gasteiger partial charge on any atom is -0.462 e. The van der Waals surface area contributed by atoms with Crippen molar-refractivity contribution in [3.63, 3.8) is 0 Å². The van der Waals surface area contributed by atoms with Crippen molar-refractivity contribution in [2.45, 2.75) is 87.1 Å². The Morgan fingerprint density at radius 3 is 2.50 bits per heavy atom. The van der Waals surface area contributed by atoms with Crippen LogP contribution in [-0.4, -0.2) is 106 Å². The first-order chi connectivity index (χ1) is 16.0. The molecule has 7 bridgehead atoms. The van der Waals surface area contributed by atoms with Gasteiger partial charge in [0.15, 0.2) is 0 Å². The summed E-state index contributed by atoms with van der Waals surface area (Å²) in [5.41, 5.74) is -6.57. The first kappa shape index (κ1) is 23.6. The standard InChI is InChI=1S/C25H39NO8/c1-5-26-11-21(12-32-3)7-6-18(33-4)24-16-8-14-15(34-13(2)27)9-23(30,25(16,31)19(14)28)22(29,20(24)26)10-17(21)24/h14-20,28-31H,5-12H2,1-4H3/t14-,15+,16+,17-,18+,19+,20-,21+,22+,23+,24-,25+/m1/s1. The van der Waals surface area contributed by atoms with Crippen LogP contribution in [0.4, 0.5) is 0 Å². The highest BCUT2D eigenvalue weighted by Gasteiger charge is 2.92. The highest BCUT2D eigenvalue weighted by Crippen LogP contribution is 2.81. The van der Waals surface area contributed by atoms with E-state index in [1.807, 2.05) is 0 Å². The summed E-state index contributed by atoms with van der Waals surface area (Å²) in [6, 6.07) is -0.442. The number of aliphatic hydroxyl groups excluding tert-OH is 1. The number of esters is 1. The fourth-order valence-electron chi connectivity index (χ4n) is 10.7. The van der Waals surface area contributed by atoms with Crippen LogP contribution in [0.25, 0.3) is 0 Å². The Labute approximate surface area is 200 Å². The molecular weight excluding hydrogens is 442 g/mol. The van der Waals surface area contributed by atoms with Crippen molar-refractivity contribution >= 4 is 5.97 Å². The van der Waals surface area contributed by atoms with Crippen molar-refractivity contribution in [3.8, 4) is 0 Å². The van der Waals surface area contributed by atoms with Gasteiger partial charge in [0, 0.05) is 56.8 Å². The van der Waals surface area contributed by atoms with Gasteiger partial charge in [-0.05, 0) is 38.1 Å². The lowest BCUT2D eigenvalue weighted by Gasteiger charge is -2.72. The summed E-state index contributed by atoms with van der Waals surface area (Å²) in [5, 5.41) is 49.0. The van der Waals surface area contributed by atoms with Crippen LogP contribution in [0.2, 0.25) is 0 Å². The molecule has 5 aliphatic carbocycles. The molecule has 1 heterocycles. The van der Waals surface area contributed by atoms with Crippen LogP contribution in [0.5, 0.6) is 0 Å². The maximum atomic E-state index is 12.7. The molecule has 0 aromatic heterocycles. The second kappa shape index (κ2) is 6.94. The van der Waals surface area contributed by atoms with Crippen LogP contribution in [0.3, 0.4) is 0 Å². The number of fused-ring (bicyclic) bond motifs is 2. The molecule has 0 aromatic rings. The Morgan fingerprint density at radius 2 is 1.88 bits per heavy atom. The highest BCUT2D eigenvalue weighted by atomic mass is 16.5. The highest BCUT2D eigenvalue weighted by molar-refractivity contribution is 5.66. The average molecular weight is 482 g/mol. The predicted molar refractivity (Wildman–Crippen MR) is 119 cm³/mol. The Kier molecular flexibility index (Phi) is 4.81. The van der Waals surface area contributed by atoms with Crippen LogP contribution in [0.15, 0.2) is 0 Å². The van der Waals surface area contributed by atoms with Crippen molar-refractivity contribution in [2.75, 3.05) is 33.9 Å². The molecule has 192 valence electrons. The van der Waals surface area contributed by atoms with Gasteiger partial charge >= 0.3 is 5.97 Å². The molecular formula is C25H39NO8. The van der Waals surface area contributed by atoms with E-state index < -0.39 is 58.3 Å². The Morgan fingerprint density at radius 1 is 1.15 bits per heavy atom. The first-order valence-electron chi connectivity index (χ1n) is 12.8. The Balaban J connectivity index is 1.62. The molecule has 0 radical (unpaired) electrons. The number of methoxy groups -OCH3 is 2. The van der Waals surface area contributed by atoms with Crippen LogP contribution >= 0.6 is 0 Å². The second-order valence-electron chi connectivity index (χ2n) is 12.1. The third-order valence-corrected chi connectivity index (χ3v) is 11.4. The molecule has 1 saturated heterocycles. The van der Waals surface area contributed by atoms with Gasteiger partial charge in [-0.2, -0.15) is 0 Å². The quantitative estimate of drug-likeness (QED) is 0.391. The average Bonchev–Trinajstić information content (AvgIpc) is 3.12. The lowest BCUT2D eigenvalue weighted by Crippen LogP contribution is -2.87. The second-order valence-corrected chi connectivity index (χ2v) is 12.1. The third-order valence-electron chi connectivity index (χ3n) is 11.4. The van der Waals surface area contributed by atoms with Gasteiger partial charge in [-0.15, -0.1) is 0 Å². The lowest BCUT2D eigenvalue weighted by atomic mass is 9.41. The normalized spacial score (nSPS) is 59.2. The Bertz CT molecular complexity index is 902. The van der Waals surface area contributed by atoms with Crippen LogP contribution in [0, 0.1) is 28.6 Å². The van der Waals surface area contributed by atoms with E-state index in [0.29, 0.717) is 19.6 Å². The summed E-state index contributed by atoms with van der Waals surface area (Å²) in [6.45, 7) is 5.31. The molecule has 4 N–H and O–H groups in total. The zero-order valence-corrected chi connectivity index (χ0v) is 20.6. The van der Waals surface area contributed by atoms with E-state index in [2.05, 4.69) is 11.8 Å². The molecule has 0 amide bonds. The summed E-state index contributed by atoms with van der Waals surface area (Å²) in [7, 11) is 3.40. The number of aliphatic hydroxyl groups is 4. The first-order valence-corrected chi connectivity index (χ1v) is 12.8. The largest absolute Gasteiger partial charge is 0.462 e. The van der Waals surface area contributed by atoms with Crippen molar-refractivity contribution in [1.82, 2.24) is 4.90 Å². The fourth-order valence-corrected chi connectivity index (χ4v) is 10.7. The number of carbonyl (C=O) groups is 1. The van der Waals surface area contributed by atoms with Crippen LogP contribution in [0.1, 0.15) is 46.0 Å². The molecule has 0 aromatic carbocycles. The zero-order valence-electron chi connectivity index (χ0n) is 20.6. The lowest BCUT2D eigenvalue weighted by molar-refractivity contribution is -0.366. The van der Waals surface area contributed by atoms with Crippen molar-refractivity contribution in [2.24, 2.45) is 28.6 Å². The molecule has 34 heavy (non-hydrogen) atoms. The molecule has 6 aliphatic rings. The number of nitrogens with zero attached hydrogens (tertiary/aromatic N) is 1. The monoisotopic (exact) mass is 481 g/mol. The number of likely N-dealkylation sites (N-methyl/N-ethyl adjacent to an activating group) is 1. The minimum atomic E-state index is -2.03. The van der Waals surface area contributed by atoms with Gasteiger partial charge < -0.3 is 34.6 Å². The van der Waals surface area contributed by atoms with Gasteiger partial charge in [0.1, 0.15) is 22.9 Å². The summed E-state index contributed by atoms with van der Waals surface area (Å²) < 4.78 is 17.5. The van der Waals surface area contributed by atoms with E-state index in [1.54, 1.807) is 14.2 Å².